The van der Waals surface area contributed by atoms with Gasteiger partial charge in [-0.3, -0.25) is 4.90 Å². The van der Waals surface area contributed by atoms with E-state index in [4.69, 9.17) is 30.0 Å². The van der Waals surface area contributed by atoms with Crippen molar-refractivity contribution < 1.29 is 30.0 Å². The highest BCUT2D eigenvalue weighted by Gasteiger charge is 2.36. The Balaban J connectivity index is 0.000000315. The number of aliphatic hydroxyl groups excluding tert-OH is 2. The van der Waals surface area contributed by atoms with Crippen LogP contribution >= 0.6 is 0 Å². The summed E-state index contributed by atoms with van der Waals surface area (Å²) in [6.45, 7) is 2.80. The molecule has 0 aromatic rings. The summed E-state index contributed by atoms with van der Waals surface area (Å²) in [5.41, 5.74) is 0. The van der Waals surface area contributed by atoms with Crippen molar-refractivity contribution >= 4 is 11.9 Å². The van der Waals surface area contributed by atoms with Crippen molar-refractivity contribution in [3.8, 4) is 0 Å². The molecule has 1 fully saturated rings. The van der Waals surface area contributed by atoms with Crippen molar-refractivity contribution in [3.63, 3.8) is 0 Å². The van der Waals surface area contributed by atoms with Crippen LogP contribution in [0, 0.1) is 17.8 Å². The van der Waals surface area contributed by atoms with Gasteiger partial charge in [0.2, 0.25) is 0 Å². The lowest BCUT2D eigenvalue weighted by Gasteiger charge is -2.27. The number of fused-ring (bicyclic) bond motifs is 2. The molecule has 7 heteroatoms. The highest BCUT2D eigenvalue weighted by atomic mass is 16.4. The van der Waals surface area contributed by atoms with Crippen LogP contribution in [0.3, 0.4) is 0 Å². The zero-order chi connectivity index (χ0) is 15.8. The molecular formula is C14H23NO6. The first kappa shape index (κ1) is 17.6. The highest BCUT2D eigenvalue weighted by molar-refractivity contribution is 6.27. The minimum Gasteiger partial charge on any atom is -0.473 e. The fraction of sp³-hybridized carbons (Fsp3) is 0.714. The van der Waals surface area contributed by atoms with Crippen LogP contribution in [0.4, 0.5) is 0 Å². The van der Waals surface area contributed by atoms with Crippen LogP contribution in [0.25, 0.3) is 0 Å². The first-order valence-corrected chi connectivity index (χ1v) is 7.06. The zero-order valence-electron chi connectivity index (χ0n) is 11.9. The lowest BCUT2D eigenvalue weighted by Crippen LogP contribution is -2.35. The summed E-state index contributed by atoms with van der Waals surface area (Å²) in [6.07, 6.45) is 7.34. The second kappa shape index (κ2) is 8.76. The molecule has 3 unspecified atom stereocenters. The number of nitrogens with zero attached hydrogens (tertiary/aromatic N) is 1. The van der Waals surface area contributed by atoms with Crippen molar-refractivity contribution in [2.45, 2.75) is 12.8 Å². The molecule has 2 aliphatic carbocycles. The standard InChI is InChI=1S/C12H21NO2.C2H2O4/c14-5-3-13(4-6-15)9-12-8-10-1-2-11(12)7-10;3-1(4)2(5)6/h1-2,10-12,14-15H,3-9H2;(H,3,4)(H,5,6). The molecule has 0 aromatic heterocycles. The summed E-state index contributed by atoms with van der Waals surface area (Å²) < 4.78 is 0. The lowest BCUT2D eigenvalue weighted by atomic mass is 9.93. The maximum atomic E-state index is 9.10. The third-order valence-corrected chi connectivity index (χ3v) is 3.92. The molecule has 1 saturated carbocycles. The van der Waals surface area contributed by atoms with Gasteiger partial charge >= 0.3 is 11.9 Å². The average molecular weight is 301 g/mol. The molecule has 2 aliphatic rings. The van der Waals surface area contributed by atoms with Crippen LogP contribution in [-0.2, 0) is 9.59 Å². The Morgan fingerprint density at radius 1 is 1.00 bits per heavy atom. The Labute approximate surface area is 123 Å². The molecule has 0 spiro atoms. The number of rotatable bonds is 6. The number of aliphatic hydroxyl groups is 2. The van der Waals surface area contributed by atoms with E-state index in [0.717, 1.165) is 24.3 Å². The topological polar surface area (TPSA) is 118 Å². The molecule has 0 aliphatic heterocycles. The van der Waals surface area contributed by atoms with E-state index in [-0.39, 0.29) is 13.2 Å². The number of hydrogen-bond acceptors (Lipinski definition) is 5. The van der Waals surface area contributed by atoms with E-state index >= 15 is 0 Å². The number of aliphatic carboxylic acids is 2. The SMILES string of the molecule is O=C(O)C(=O)O.OCCN(CCO)CC1CC2C=CC1C2. The van der Waals surface area contributed by atoms with Gasteiger partial charge in [-0.25, -0.2) is 9.59 Å². The molecule has 0 saturated heterocycles. The lowest BCUT2D eigenvalue weighted by molar-refractivity contribution is -0.159. The molecule has 4 N–H and O–H groups in total. The molecule has 0 aromatic carbocycles. The molecule has 0 amide bonds. The molecule has 2 rings (SSSR count). The molecule has 0 radical (unpaired) electrons. The molecule has 21 heavy (non-hydrogen) atoms. The third kappa shape index (κ3) is 5.82. The monoisotopic (exact) mass is 301 g/mol. The Bertz CT molecular complexity index is 366. The van der Waals surface area contributed by atoms with E-state index in [1.54, 1.807) is 0 Å². The second-order valence-corrected chi connectivity index (χ2v) is 5.40. The predicted molar refractivity (Wildman–Crippen MR) is 74.7 cm³/mol. The number of carboxylic acids is 2. The number of allylic oxidation sites excluding steroid dienone is 2. The van der Waals surface area contributed by atoms with Crippen molar-refractivity contribution in [2.24, 2.45) is 17.8 Å². The molecule has 2 bridgehead atoms. The first-order chi connectivity index (χ1) is 9.97. The van der Waals surface area contributed by atoms with Gasteiger partial charge in [0, 0.05) is 19.6 Å². The van der Waals surface area contributed by atoms with Crippen LogP contribution in [-0.4, -0.2) is 70.1 Å². The number of carbonyl (C=O) groups is 2. The van der Waals surface area contributed by atoms with Crippen molar-refractivity contribution in [1.29, 1.82) is 0 Å². The molecule has 0 heterocycles. The summed E-state index contributed by atoms with van der Waals surface area (Å²) in [5.74, 6) is -1.33. The maximum absolute atomic E-state index is 9.10. The fourth-order valence-corrected chi connectivity index (χ4v) is 3.01. The average Bonchev–Trinajstić information content (AvgIpc) is 3.02. The Morgan fingerprint density at radius 2 is 1.57 bits per heavy atom. The number of carboxylic acid groups (broad SMARTS) is 2. The molecule has 7 nitrogen and oxygen atoms in total. The van der Waals surface area contributed by atoms with E-state index in [0.29, 0.717) is 13.1 Å². The minimum absolute atomic E-state index is 0.191. The normalized spacial score (nSPS) is 25.8. The summed E-state index contributed by atoms with van der Waals surface area (Å²) in [4.78, 5) is 20.4. The zero-order valence-corrected chi connectivity index (χ0v) is 11.9. The van der Waals surface area contributed by atoms with Crippen molar-refractivity contribution in [3.05, 3.63) is 12.2 Å². The van der Waals surface area contributed by atoms with Crippen LogP contribution in [0.15, 0.2) is 12.2 Å². The van der Waals surface area contributed by atoms with Gasteiger partial charge < -0.3 is 20.4 Å². The Hall–Kier alpha value is -1.44. The van der Waals surface area contributed by atoms with E-state index < -0.39 is 11.9 Å². The largest absolute Gasteiger partial charge is 0.473 e. The van der Waals surface area contributed by atoms with Gasteiger partial charge in [-0.05, 0) is 30.6 Å². The summed E-state index contributed by atoms with van der Waals surface area (Å²) in [7, 11) is 0. The van der Waals surface area contributed by atoms with Gasteiger partial charge in [-0.2, -0.15) is 0 Å². The van der Waals surface area contributed by atoms with E-state index in [1.165, 1.54) is 12.8 Å². The van der Waals surface area contributed by atoms with Crippen LogP contribution < -0.4 is 0 Å². The Morgan fingerprint density at radius 3 is 1.90 bits per heavy atom. The molecule has 120 valence electrons. The van der Waals surface area contributed by atoms with Crippen LogP contribution in [0.2, 0.25) is 0 Å². The third-order valence-electron chi connectivity index (χ3n) is 3.92. The highest BCUT2D eigenvalue weighted by Crippen LogP contribution is 2.43. The summed E-state index contributed by atoms with van der Waals surface area (Å²) in [6, 6.07) is 0. The van der Waals surface area contributed by atoms with Gasteiger partial charge in [-0.1, -0.05) is 12.2 Å². The van der Waals surface area contributed by atoms with Gasteiger partial charge in [0.05, 0.1) is 13.2 Å². The fourth-order valence-electron chi connectivity index (χ4n) is 3.01. The minimum atomic E-state index is -1.82. The van der Waals surface area contributed by atoms with E-state index in [1.807, 2.05) is 0 Å². The first-order valence-electron chi connectivity index (χ1n) is 7.06. The van der Waals surface area contributed by atoms with Crippen LogP contribution in [0.5, 0.6) is 0 Å². The van der Waals surface area contributed by atoms with E-state index in [2.05, 4.69) is 17.1 Å². The van der Waals surface area contributed by atoms with E-state index in [9.17, 15) is 0 Å². The quantitative estimate of drug-likeness (QED) is 0.391. The van der Waals surface area contributed by atoms with Gasteiger partial charge in [0.1, 0.15) is 0 Å². The van der Waals surface area contributed by atoms with Gasteiger partial charge in [0.15, 0.2) is 0 Å². The van der Waals surface area contributed by atoms with Crippen LogP contribution in [0.1, 0.15) is 12.8 Å². The molecule has 3 atom stereocenters. The number of hydrogen-bond donors (Lipinski definition) is 4. The van der Waals surface area contributed by atoms with Crippen molar-refractivity contribution in [2.75, 3.05) is 32.8 Å². The second-order valence-electron chi connectivity index (χ2n) is 5.40. The van der Waals surface area contributed by atoms with Crippen molar-refractivity contribution in [1.82, 2.24) is 4.90 Å². The summed E-state index contributed by atoms with van der Waals surface area (Å²) >= 11 is 0. The molecular weight excluding hydrogens is 278 g/mol. The Kier molecular flexibility index (Phi) is 7.35. The van der Waals surface area contributed by atoms with Gasteiger partial charge in [0.25, 0.3) is 0 Å². The smallest absolute Gasteiger partial charge is 0.414 e. The van der Waals surface area contributed by atoms with Gasteiger partial charge in [-0.15, -0.1) is 0 Å². The maximum Gasteiger partial charge on any atom is 0.414 e. The summed E-state index contributed by atoms with van der Waals surface area (Å²) in [5, 5.41) is 32.6. The predicted octanol–water partition coefficient (Wildman–Crippen LogP) is -0.359.